The second-order valence-corrected chi connectivity index (χ2v) is 5.64. The molecule has 2 heterocycles. The van der Waals surface area contributed by atoms with Crippen LogP contribution in [0, 0.1) is 0 Å². The van der Waals surface area contributed by atoms with Gasteiger partial charge in [-0.2, -0.15) is 0 Å². The van der Waals surface area contributed by atoms with Gasteiger partial charge in [0, 0.05) is 29.6 Å². The third kappa shape index (κ3) is 3.89. The highest BCUT2D eigenvalue weighted by Gasteiger charge is 2.05. The lowest BCUT2D eigenvalue weighted by molar-refractivity contribution is 0.178. The topological polar surface area (TPSA) is 59.1 Å². The fourth-order valence-corrected chi connectivity index (χ4v) is 2.96. The lowest BCUT2D eigenvalue weighted by Crippen LogP contribution is -2.07. The summed E-state index contributed by atoms with van der Waals surface area (Å²) >= 11 is 5.21. The summed E-state index contributed by atoms with van der Waals surface area (Å²) < 4.78 is 6.18. The zero-order valence-corrected chi connectivity index (χ0v) is 13.1. The van der Waals surface area contributed by atoms with Gasteiger partial charge in [0.2, 0.25) is 0 Å². The second kappa shape index (κ2) is 6.83. The third-order valence-corrected chi connectivity index (χ3v) is 4.35. The summed E-state index contributed by atoms with van der Waals surface area (Å²) in [5.74, 6) is 2.21. The third-order valence-electron chi connectivity index (χ3n) is 2.42. The molecule has 0 unspecified atom stereocenters. The first-order chi connectivity index (χ1) is 9.22. The maximum absolute atomic E-state index is 5.07. The van der Waals surface area contributed by atoms with Gasteiger partial charge in [0.25, 0.3) is 0 Å². The lowest BCUT2D eigenvalue weighted by atomic mass is 10.4. The van der Waals surface area contributed by atoms with Crippen molar-refractivity contribution in [3.63, 3.8) is 0 Å². The van der Waals surface area contributed by atoms with Crippen LogP contribution in [0.2, 0.25) is 0 Å². The van der Waals surface area contributed by atoms with Crippen LogP contribution in [-0.4, -0.2) is 24.1 Å². The summed E-state index contributed by atoms with van der Waals surface area (Å²) in [4.78, 5) is 9.95. The van der Waals surface area contributed by atoms with Crippen LogP contribution in [0.5, 0.6) is 0 Å². The minimum Gasteiger partial charge on any atom is -0.377 e. The van der Waals surface area contributed by atoms with Crippen LogP contribution in [0.15, 0.2) is 22.0 Å². The fourth-order valence-electron chi connectivity index (χ4n) is 1.53. The number of rotatable bonds is 6. The van der Waals surface area contributed by atoms with Crippen LogP contribution in [-0.2, 0) is 17.9 Å². The Hall–Kier alpha value is -1.18. The van der Waals surface area contributed by atoms with Gasteiger partial charge in [-0.15, -0.1) is 11.3 Å². The Labute approximate surface area is 124 Å². The molecule has 2 N–H and O–H groups in total. The Morgan fingerprint density at radius 1 is 1.37 bits per heavy atom. The number of anilines is 2. The first-order valence-corrected chi connectivity index (χ1v) is 7.40. The highest BCUT2D eigenvalue weighted by Crippen LogP contribution is 2.23. The molecule has 0 saturated carbocycles. The van der Waals surface area contributed by atoms with Crippen molar-refractivity contribution in [3.8, 4) is 0 Å². The number of methoxy groups -OCH3 is 1. The van der Waals surface area contributed by atoms with Crippen LogP contribution in [0.3, 0.4) is 0 Å². The maximum Gasteiger partial charge on any atom is 0.158 e. The maximum atomic E-state index is 5.07. The Bertz CT molecular complexity index is 546. The Balaban J connectivity index is 2.10. The standard InChI is InChI=1S/C12H15BrN4OS/c1-14-10-5-11(17-12(16-10)7-18-2)15-6-9-8(13)3-4-19-9/h3-5H,6-7H2,1-2H3,(H2,14,15,16,17). The van der Waals surface area contributed by atoms with Gasteiger partial charge in [0.1, 0.15) is 18.2 Å². The van der Waals surface area contributed by atoms with Gasteiger partial charge in [-0.1, -0.05) is 0 Å². The molecule has 2 aromatic heterocycles. The zero-order valence-electron chi connectivity index (χ0n) is 10.7. The van der Waals surface area contributed by atoms with Crippen LogP contribution < -0.4 is 10.6 Å². The molecule has 2 aromatic rings. The van der Waals surface area contributed by atoms with Crippen molar-refractivity contribution in [3.05, 3.63) is 32.7 Å². The molecule has 0 radical (unpaired) electrons. The average molecular weight is 343 g/mol. The van der Waals surface area contributed by atoms with Gasteiger partial charge in [-0.25, -0.2) is 9.97 Å². The van der Waals surface area contributed by atoms with Crippen molar-refractivity contribution in [2.45, 2.75) is 13.2 Å². The Morgan fingerprint density at radius 2 is 2.16 bits per heavy atom. The summed E-state index contributed by atoms with van der Waals surface area (Å²) in [5.41, 5.74) is 0. The first kappa shape index (κ1) is 14.2. The molecule has 0 spiro atoms. The van der Waals surface area contributed by atoms with Gasteiger partial charge in [-0.05, 0) is 27.4 Å². The molecule has 102 valence electrons. The number of nitrogens with zero attached hydrogens (tertiary/aromatic N) is 2. The molecule has 0 aliphatic carbocycles. The predicted octanol–water partition coefficient (Wildman–Crippen LogP) is 3.10. The van der Waals surface area contributed by atoms with E-state index in [1.165, 1.54) is 4.88 Å². The van der Waals surface area contributed by atoms with E-state index in [1.807, 2.05) is 19.2 Å². The molecule has 0 aliphatic heterocycles. The first-order valence-electron chi connectivity index (χ1n) is 5.73. The van der Waals surface area contributed by atoms with Crippen molar-refractivity contribution >= 4 is 38.9 Å². The van der Waals surface area contributed by atoms with E-state index in [9.17, 15) is 0 Å². The molecule has 5 nitrogen and oxygen atoms in total. The van der Waals surface area contributed by atoms with Crippen molar-refractivity contribution in [1.29, 1.82) is 0 Å². The molecular weight excluding hydrogens is 328 g/mol. The molecule has 0 aliphatic rings. The minimum atomic E-state index is 0.396. The van der Waals surface area contributed by atoms with E-state index in [4.69, 9.17) is 4.74 Å². The van der Waals surface area contributed by atoms with Gasteiger partial charge >= 0.3 is 0 Å². The van der Waals surface area contributed by atoms with Crippen molar-refractivity contribution in [2.24, 2.45) is 0 Å². The van der Waals surface area contributed by atoms with Gasteiger partial charge in [0.15, 0.2) is 5.82 Å². The number of halogens is 1. The van der Waals surface area contributed by atoms with Gasteiger partial charge < -0.3 is 15.4 Å². The highest BCUT2D eigenvalue weighted by atomic mass is 79.9. The van der Waals surface area contributed by atoms with Crippen LogP contribution >= 0.6 is 27.3 Å². The largest absolute Gasteiger partial charge is 0.377 e. The number of hydrogen-bond donors (Lipinski definition) is 2. The van der Waals surface area contributed by atoms with E-state index in [0.717, 1.165) is 22.7 Å². The van der Waals surface area contributed by atoms with E-state index in [2.05, 4.69) is 41.9 Å². The molecule has 0 amide bonds. The molecule has 0 fully saturated rings. The number of hydrogen-bond acceptors (Lipinski definition) is 6. The van der Waals surface area contributed by atoms with Crippen molar-refractivity contribution in [2.75, 3.05) is 24.8 Å². The summed E-state index contributed by atoms with van der Waals surface area (Å²) in [6.07, 6.45) is 0. The van der Waals surface area contributed by atoms with E-state index in [1.54, 1.807) is 18.4 Å². The van der Waals surface area contributed by atoms with E-state index in [0.29, 0.717) is 12.4 Å². The Kier molecular flexibility index (Phi) is 5.12. The van der Waals surface area contributed by atoms with E-state index >= 15 is 0 Å². The quantitative estimate of drug-likeness (QED) is 0.844. The number of nitrogens with one attached hydrogen (secondary N) is 2. The Morgan fingerprint density at radius 3 is 2.79 bits per heavy atom. The smallest absolute Gasteiger partial charge is 0.158 e. The molecule has 19 heavy (non-hydrogen) atoms. The summed E-state index contributed by atoms with van der Waals surface area (Å²) in [5, 5.41) is 8.36. The highest BCUT2D eigenvalue weighted by molar-refractivity contribution is 9.10. The van der Waals surface area contributed by atoms with Crippen LogP contribution in [0.1, 0.15) is 10.7 Å². The van der Waals surface area contributed by atoms with Crippen LogP contribution in [0.4, 0.5) is 11.6 Å². The molecule has 0 saturated heterocycles. The summed E-state index contributed by atoms with van der Waals surface area (Å²) in [6, 6.07) is 3.91. The molecule has 0 atom stereocenters. The van der Waals surface area contributed by atoms with Crippen molar-refractivity contribution in [1.82, 2.24) is 9.97 Å². The summed E-state index contributed by atoms with van der Waals surface area (Å²) in [7, 11) is 3.46. The predicted molar refractivity (Wildman–Crippen MR) is 81.6 cm³/mol. The van der Waals surface area contributed by atoms with Gasteiger partial charge in [0.05, 0.1) is 6.54 Å². The zero-order chi connectivity index (χ0) is 13.7. The van der Waals surface area contributed by atoms with Crippen LogP contribution in [0.25, 0.3) is 0 Å². The molecule has 0 aromatic carbocycles. The van der Waals surface area contributed by atoms with E-state index in [-0.39, 0.29) is 0 Å². The number of aromatic nitrogens is 2. The molecule has 2 rings (SSSR count). The average Bonchev–Trinajstić information content (AvgIpc) is 2.82. The monoisotopic (exact) mass is 342 g/mol. The fraction of sp³-hybridized carbons (Fsp3) is 0.333. The van der Waals surface area contributed by atoms with Crippen molar-refractivity contribution < 1.29 is 4.74 Å². The lowest BCUT2D eigenvalue weighted by Gasteiger charge is -2.09. The van der Waals surface area contributed by atoms with Gasteiger partial charge in [-0.3, -0.25) is 0 Å². The number of ether oxygens (including phenoxy) is 1. The second-order valence-electron chi connectivity index (χ2n) is 3.78. The molecule has 0 bridgehead atoms. The minimum absolute atomic E-state index is 0.396. The normalized spacial score (nSPS) is 10.5. The molecule has 7 heteroatoms. The molecular formula is C12H15BrN4OS. The van der Waals surface area contributed by atoms with E-state index < -0.39 is 0 Å². The SMILES string of the molecule is CNc1cc(NCc2sccc2Br)nc(COC)n1. The number of thiophene rings is 1. The summed E-state index contributed by atoms with van der Waals surface area (Å²) in [6.45, 7) is 1.12.